The number of alkyl carbamates (subject to hydrolysis) is 1. The van der Waals surface area contributed by atoms with Crippen LogP contribution in [0.5, 0.6) is 0 Å². The minimum Gasteiger partial charge on any atom is -0.444 e. The van der Waals surface area contributed by atoms with Crippen molar-refractivity contribution in [3.8, 4) is 0 Å². The second-order valence-electron chi connectivity index (χ2n) is 13.6. The fourth-order valence-corrected chi connectivity index (χ4v) is 5.11. The summed E-state index contributed by atoms with van der Waals surface area (Å²) in [5.74, 6) is -2.82. The molecule has 0 bridgehead atoms. The first-order chi connectivity index (χ1) is 22.4. The van der Waals surface area contributed by atoms with Gasteiger partial charge in [-0.05, 0) is 63.0 Å². The highest BCUT2D eigenvalue weighted by Gasteiger charge is 2.33. The normalized spacial score (nSPS) is 15.4. The highest BCUT2D eigenvalue weighted by Crippen LogP contribution is 2.14. The fraction of sp³-hybridized carbons (Fsp3) is 0.676. The van der Waals surface area contributed by atoms with Gasteiger partial charge in [-0.25, -0.2) is 4.79 Å². The summed E-state index contributed by atoms with van der Waals surface area (Å²) in [6.07, 6.45) is -0.119. The van der Waals surface area contributed by atoms with Crippen molar-refractivity contribution in [3.05, 3.63) is 35.9 Å². The van der Waals surface area contributed by atoms with Crippen molar-refractivity contribution in [3.63, 3.8) is 0 Å². The van der Waals surface area contributed by atoms with E-state index in [9.17, 15) is 34.2 Å². The van der Waals surface area contributed by atoms with Crippen LogP contribution in [0.25, 0.3) is 0 Å². The third kappa shape index (κ3) is 15.7. The fourth-order valence-electron chi connectivity index (χ4n) is 4.64. The topological polar surface area (TPSA) is 195 Å². The summed E-state index contributed by atoms with van der Waals surface area (Å²) in [6, 6.07) is 5.41. The molecule has 0 spiro atoms. The number of carbonyl (C=O) groups is 5. The number of amides is 5. The zero-order chi connectivity index (χ0) is 36.6. The largest absolute Gasteiger partial charge is 0.444 e. The van der Waals surface area contributed by atoms with E-state index in [1.54, 1.807) is 41.5 Å². The van der Waals surface area contributed by atoms with Gasteiger partial charge in [-0.3, -0.25) is 19.2 Å². The molecule has 14 heteroatoms. The molecule has 1 aromatic carbocycles. The zero-order valence-corrected chi connectivity index (χ0v) is 30.6. The Kier molecular flexibility index (Phi) is 18.6. The van der Waals surface area contributed by atoms with E-state index in [0.717, 1.165) is 5.56 Å². The highest BCUT2D eigenvalue weighted by atomic mass is 32.2. The average Bonchev–Trinajstić information content (AvgIpc) is 3.00. The number of aliphatic hydroxyl groups excluding tert-OH is 2. The van der Waals surface area contributed by atoms with Crippen LogP contribution in [0.1, 0.15) is 73.8 Å². The van der Waals surface area contributed by atoms with E-state index in [2.05, 4.69) is 26.6 Å². The van der Waals surface area contributed by atoms with Crippen LogP contribution in [0.3, 0.4) is 0 Å². The van der Waals surface area contributed by atoms with E-state index < -0.39 is 72.2 Å². The molecule has 48 heavy (non-hydrogen) atoms. The quantitative estimate of drug-likeness (QED) is 0.113. The molecule has 0 radical (unpaired) electrons. The summed E-state index contributed by atoms with van der Waals surface area (Å²) >= 11 is 1.47. The molecule has 1 rings (SSSR count). The molecule has 0 aliphatic heterocycles. The Bertz CT molecular complexity index is 1180. The van der Waals surface area contributed by atoms with E-state index in [-0.39, 0.29) is 30.6 Å². The second-order valence-corrected chi connectivity index (χ2v) is 14.6. The zero-order valence-electron chi connectivity index (χ0n) is 29.8. The minimum absolute atomic E-state index is 0.120. The van der Waals surface area contributed by atoms with Gasteiger partial charge < -0.3 is 41.5 Å². The summed E-state index contributed by atoms with van der Waals surface area (Å²) in [6.45, 7) is 13.5. The van der Waals surface area contributed by atoms with Crippen LogP contribution in [0, 0.1) is 17.8 Å². The van der Waals surface area contributed by atoms with Crippen LogP contribution < -0.4 is 26.6 Å². The molecule has 1 aromatic rings. The van der Waals surface area contributed by atoms with Crippen molar-refractivity contribution in [2.24, 2.45) is 17.8 Å². The lowest BCUT2D eigenvalue weighted by atomic mass is 9.96. The molecule has 5 amide bonds. The SMILES string of the molecule is CSCC[C@H](NC(=O)[C@@H](NC(=O)OC(C)(C)C)C(C)C)C(=O)N[C@@H](CO)[C@@H](O)C[C@@H](C)C(=O)N[C@H](C(=O)NCc1ccccc1)C(C)C. The van der Waals surface area contributed by atoms with Crippen molar-refractivity contribution in [1.29, 1.82) is 0 Å². The molecule has 6 atom stereocenters. The number of benzene rings is 1. The Hall–Kier alpha value is -3.36. The molecule has 0 aromatic heterocycles. The first kappa shape index (κ1) is 42.7. The van der Waals surface area contributed by atoms with Crippen LogP contribution in [0.4, 0.5) is 4.79 Å². The average molecular weight is 696 g/mol. The van der Waals surface area contributed by atoms with E-state index in [1.807, 2.05) is 50.4 Å². The molecular formula is C34H57N5O8S. The first-order valence-corrected chi connectivity index (χ1v) is 17.8. The van der Waals surface area contributed by atoms with Crippen LogP contribution in [-0.4, -0.2) is 94.4 Å². The number of nitrogens with one attached hydrogen (secondary N) is 5. The van der Waals surface area contributed by atoms with E-state index in [1.165, 1.54) is 11.8 Å². The van der Waals surface area contributed by atoms with Crippen LogP contribution in [-0.2, 0) is 30.5 Å². The Morgan fingerprint density at radius 1 is 0.812 bits per heavy atom. The number of thioether (sulfide) groups is 1. The molecule has 272 valence electrons. The molecule has 0 aliphatic carbocycles. The van der Waals surface area contributed by atoms with Crippen molar-refractivity contribution in [1.82, 2.24) is 26.6 Å². The number of hydrogen-bond acceptors (Lipinski definition) is 9. The third-order valence-electron chi connectivity index (χ3n) is 7.45. The minimum atomic E-state index is -1.32. The van der Waals surface area contributed by atoms with Gasteiger partial charge in [0.15, 0.2) is 0 Å². The van der Waals surface area contributed by atoms with Gasteiger partial charge in [0.1, 0.15) is 23.7 Å². The molecule has 0 heterocycles. The van der Waals surface area contributed by atoms with Gasteiger partial charge in [-0.2, -0.15) is 11.8 Å². The van der Waals surface area contributed by atoms with Crippen molar-refractivity contribution in [2.45, 2.75) is 111 Å². The Morgan fingerprint density at radius 2 is 1.40 bits per heavy atom. The van der Waals surface area contributed by atoms with E-state index in [0.29, 0.717) is 12.3 Å². The smallest absolute Gasteiger partial charge is 0.408 e. The summed E-state index contributed by atoms with van der Waals surface area (Å²) in [4.78, 5) is 64.9. The van der Waals surface area contributed by atoms with Crippen LogP contribution in [0.15, 0.2) is 30.3 Å². The molecule has 7 N–H and O–H groups in total. The predicted molar refractivity (Wildman–Crippen MR) is 187 cm³/mol. The van der Waals surface area contributed by atoms with Crippen molar-refractivity contribution < 1.29 is 38.9 Å². The molecule has 0 aliphatic rings. The van der Waals surface area contributed by atoms with Gasteiger partial charge in [-0.1, -0.05) is 65.0 Å². The summed E-state index contributed by atoms with van der Waals surface area (Å²) in [7, 11) is 0. The molecule has 0 saturated heterocycles. The van der Waals surface area contributed by atoms with Gasteiger partial charge in [0, 0.05) is 12.5 Å². The lowest BCUT2D eigenvalue weighted by molar-refractivity contribution is -0.133. The lowest BCUT2D eigenvalue weighted by Gasteiger charge is -2.29. The highest BCUT2D eigenvalue weighted by molar-refractivity contribution is 7.98. The number of hydrogen-bond donors (Lipinski definition) is 7. The molecule has 0 saturated carbocycles. The maximum atomic E-state index is 13.3. The van der Waals surface area contributed by atoms with Gasteiger partial charge in [0.25, 0.3) is 0 Å². The molecular weight excluding hydrogens is 638 g/mol. The summed E-state index contributed by atoms with van der Waals surface area (Å²) < 4.78 is 5.28. The number of carbonyl (C=O) groups excluding carboxylic acids is 5. The van der Waals surface area contributed by atoms with E-state index in [4.69, 9.17) is 4.74 Å². The Labute approximate surface area is 289 Å². The van der Waals surface area contributed by atoms with Gasteiger partial charge >= 0.3 is 6.09 Å². The second kappa shape index (κ2) is 20.9. The summed E-state index contributed by atoms with van der Waals surface area (Å²) in [5, 5.41) is 34.5. The van der Waals surface area contributed by atoms with E-state index >= 15 is 0 Å². The predicted octanol–water partition coefficient (Wildman–Crippen LogP) is 2.10. The third-order valence-corrected chi connectivity index (χ3v) is 8.10. The Balaban J connectivity index is 2.88. The lowest BCUT2D eigenvalue weighted by Crippen LogP contribution is -2.58. The number of rotatable bonds is 19. The Morgan fingerprint density at radius 3 is 1.92 bits per heavy atom. The maximum Gasteiger partial charge on any atom is 0.408 e. The first-order valence-electron chi connectivity index (χ1n) is 16.4. The number of aliphatic hydroxyl groups is 2. The summed E-state index contributed by atoms with van der Waals surface area (Å²) in [5.41, 5.74) is 0.148. The molecule has 0 fully saturated rings. The van der Waals surface area contributed by atoms with Crippen molar-refractivity contribution >= 4 is 41.5 Å². The molecule has 0 unspecified atom stereocenters. The van der Waals surface area contributed by atoms with Crippen LogP contribution >= 0.6 is 11.8 Å². The standard InChI is InChI=1S/C34H57N5O8S/c1-20(2)27(31(44)35-18-23-13-11-10-12-14-23)38-29(42)22(5)17-26(41)25(19-40)37-30(43)24(15-16-48-9)36-32(45)28(21(3)4)39-33(46)47-34(6,7)8/h10-14,20-22,24-28,40-41H,15-19H2,1-9H3,(H,35,44)(H,36,45)(H,37,43)(H,38,42)(H,39,46)/t22-,24+,25+,26+,27+,28+/m1/s1. The van der Waals surface area contributed by atoms with Gasteiger partial charge in [-0.15, -0.1) is 0 Å². The monoisotopic (exact) mass is 695 g/mol. The molecule has 13 nitrogen and oxygen atoms in total. The van der Waals surface area contributed by atoms with Crippen molar-refractivity contribution in [2.75, 3.05) is 18.6 Å². The maximum absolute atomic E-state index is 13.3. The van der Waals surface area contributed by atoms with Gasteiger partial charge in [0.2, 0.25) is 23.6 Å². The van der Waals surface area contributed by atoms with Gasteiger partial charge in [0.05, 0.1) is 18.8 Å². The van der Waals surface area contributed by atoms with Crippen LogP contribution in [0.2, 0.25) is 0 Å². The number of ether oxygens (including phenoxy) is 1.